The number of allylic oxidation sites excluding steroid dienone is 1. The van der Waals surface area contributed by atoms with Gasteiger partial charge in [0.25, 0.3) is 5.91 Å². The molecule has 0 bridgehead atoms. The van der Waals surface area contributed by atoms with E-state index in [1.54, 1.807) is 30.3 Å². The van der Waals surface area contributed by atoms with Crippen molar-refractivity contribution in [1.82, 2.24) is 10.0 Å². The highest BCUT2D eigenvalue weighted by Gasteiger charge is 2.16. The van der Waals surface area contributed by atoms with Crippen molar-refractivity contribution in [3.05, 3.63) is 59.7 Å². The second-order valence-electron chi connectivity index (χ2n) is 5.77. The lowest BCUT2D eigenvalue weighted by molar-refractivity contribution is 0.0954. The van der Waals surface area contributed by atoms with Crippen LogP contribution < -0.4 is 19.5 Å². The van der Waals surface area contributed by atoms with Gasteiger partial charge >= 0.3 is 0 Å². The molecule has 0 unspecified atom stereocenters. The molecule has 2 aromatic rings. The first-order valence-corrected chi connectivity index (χ1v) is 10.1. The Morgan fingerprint density at radius 2 is 1.79 bits per heavy atom. The summed E-state index contributed by atoms with van der Waals surface area (Å²) in [5.74, 6) is 0.631. The molecular weight excluding hydrogens is 380 g/mol. The summed E-state index contributed by atoms with van der Waals surface area (Å²) in [6.07, 6.45) is 3.64. The number of hydrogen-bond acceptors (Lipinski definition) is 5. The third-order valence-electron chi connectivity index (χ3n) is 3.87. The highest BCUT2D eigenvalue weighted by atomic mass is 32.2. The van der Waals surface area contributed by atoms with Gasteiger partial charge < -0.3 is 14.8 Å². The number of rotatable bonds is 9. The van der Waals surface area contributed by atoms with Crippen molar-refractivity contribution < 1.29 is 22.7 Å². The summed E-state index contributed by atoms with van der Waals surface area (Å²) < 4.78 is 37.4. The van der Waals surface area contributed by atoms with E-state index in [0.29, 0.717) is 22.6 Å². The number of benzene rings is 2. The maximum absolute atomic E-state index is 12.5. The third kappa shape index (κ3) is 5.34. The van der Waals surface area contributed by atoms with E-state index in [-0.39, 0.29) is 23.9 Å². The maximum atomic E-state index is 12.5. The number of ether oxygens (including phenoxy) is 2. The molecule has 28 heavy (non-hydrogen) atoms. The van der Waals surface area contributed by atoms with Crippen molar-refractivity contribution in [3.8, 4) is 11.5 Å². The monoisotopic (exact) mass is 404 g/mol. The minimum atomic E-state index is -3.60. The largest absolute Gasteiger partial charge is 0.493 e. The molecule has 0 aliphatic heterocycles. The molecule has 0 aromatic heterocycles. The van der Waals surface area contributed by atoms with Gasteiger partial charge in [-0.15, -0.1) is 0 Å². The van der Waals surface area contributed by atoms with Gasteiger partial charge in [0, 0.05) is 24.2 Å². The van der Waals surface area contributed by atoms with Gasteiger partial charge in [0.05, 0.1) is 19.1 Å². The summed E-state index contributed by atoms with van der Waals surface area (Å²) in [5.41, 5.74) is 1.09. The van der Waals surface area contributed by atoms with Crippen molar-refractivity contribution in [2.24, 2.45) is 0 Å². The Balaban J connectivity index is 2.02. The number of methoxy groups -OCH3 is 2. The first kappa shape index (κ1) is 21.5. The molecule has 0 saturated heterocycles. The van der Waals surface area contributed by atoms with Gasteiger partial charge in [-0.05, 0) is 31.2 Å². The van der Waals surface area contributed by atoms with E-state index in [4.69, 9.17) is 9.47 Å². The topological polar surface area (TPSA) is 93.7 Å². The molecule has 0 saturated carbocycles. The Labute approximate surface area is 165 Å². The smallest absolute Gasteiger partial charge is 0.251 e. The standard InChI is InChI=1S/C20H24N2O5S/c1-4-8-15-13-16(14-18(26-2)19(15)27-3)20(23)21-11-12-22-28(24,25)17-9-6-5-7-10-17/h4-10,13-14,22H,11-12H2,1-3H3,(H,21,23). The Hall–Kier alpha value is -2.84. The van der Waals surface area contributed by atoms with Gasteiger partial charge in [-0.3, -0.25) is 4.79 Å². The highest BCUT2D eigenvalue weighted by Crippen LogP contribution is 2.33. The molecular formula is C20H24N2O5S. The molecule has 0 fully saturated rings. The Bertz CT molecular complexity index is 941. The normalized spacial score (nSPS) is 11.4. The van der Waals surface area contributed by atoms with E-state index in [1.165, 1.54) is 26.4 Å². The lowest BCUT2D eigenvalue weighted by Crippen LogP contribution is -2.34. The zero-order valence-corrected chi connectivity index (χ0v) is 16.9. The van der Waals surface area contributed by atoms with Crippen LogP contribution in [-0.4, -0.2) is 41.6 Å². The first-order chi connectivity index (χ1) is 13.4. The Kier molecular flexibility index (Phi) is 7.60. The first-order valence-electron chi connectivity index (χ1n) is 8.64. The minimum absolute atomic E-state index is 0.0674. The van der Waals surface area contributed by atoms with E-state index in [2.05, 4.69) is 10.0 Å². The summed E-state index contributed by atoms with van der Waals surface area (Å²) in [6, 6.07) is 11.3. The number of sulfonamides is 1. The van der Waals surface area contributed by atoms with E-state index >= 15 is 0 Å². The third-order valence-corrected chi connectivity index (χ3v) is 5.35. The molecule has 2 rings (SSSR count). The molecule has 0 atom stereocenters. The van der Waals surface area contributed by atoms with Gasteiger partial charge in [-0.2, -0.15) is 0 Å². The summed E-state index contributed by atoms with van der Waals surface area (Å²) in [4.78, 5) is 12.6. The lowest BCUT2D eigenvalue weighted by atomic mass is 10.1. The van der Waals surface area contributed by atoms with E-state index in [1.807, 2.05) is 19.1 Å². The number of hydrogen-bond donors (Lipinski definition) is 2. The number of carbonyl (C=O) groups excluding carboxylic acids is 1. The fraction of sp³-hybridized carbons (Fsp3) is 0.250. The number of amides is 1. The maximum Gasteiger partial charge on any atom is 0.251 e. The molecule has 2 N–H and O–H groups in total. The van der Waals surface area contributed by atoms with E-state index in [9.17, 15) is 13.2 Å². The average molecular weight is 404 g/mol. The SMILES string of the molecule is CC=Cc1cc(C(=O)NCCNS(=O)(=O)c2ccccc2)cc(OC)c1OC. The molecule has 2 aromatic carbocycles. The van der Waals surface area contributed by atoms with Crippen LogP contribution in [0.4, 0.5) is 0 Å². The second-order valence-corrected chi connectivity index (χ2v) is 7.53. The van der Waals surface area contributed by atoms with Crippen LogP contribution in [0.15, 0.2) is 53.4 Å². The zero-order chi connectivity index (χ0) is 20.6. The van der Waals surface area contributed by atoms with Crippen LogP contribution >= 0.6 is 0 Å². The minimum Gasteiger partial charge on any atom is -0.493 e. The molecule has 0 radical (unpaired) electrons. The fourth-order valence-corrected chi connectivity index (χ4v) is 3.63. The molecule has 0 spiro atoms. The van der Waals surface area contributed by atoms with Crippen molar-refractivity contribution in [1.29, 1.82) is 0 Å². The molecule has 8 heteroatoms. The molecule has 0 aliphatic rings. The second kappa shape index (κ2) is 9.91. The lowest BCUT2D eigenvalue weighted by Gasteiger charge is -2.13. The zero-order valence-electron chi connectivity index (χ0n) is 16.1. The van der Waals surface area contributed by atoms with Gasteiger partial charge in [-0.25, -0.2) is 13.1 Å². The van der Waals surface area contributed by atoms with Gasteiger partial charge in [-0.1, -0.05) is 30.4 Å². The Morgan fingerprint density at radius 3 is 2.39 bits per heavy atom. The van der Waals surface area contributed by atoms with Crippen LogP contribution in [0, 0.1) is 0 Å². The van der Waals surface area contributed by atoms with Crippen molar-refractivity contribution in [2.75, 3.05) is 27.3 Å². The van der Waals surface area contributed by atoms with Gasteiger partial charge in [0.1, 0.15) is 0 Å². The summed E-state index contributed by atoms with van der Waals surface area (Å²) in [5, 5.41) is 2.69. The predicted octanol–water partition coefficient (Wildman–Crippen LogP) is 2.45. The van der Waals surface area contributed by atoms with E-state index in [0.717, 1.165) is 0 Å². The summed E-state index contributed by atoms with van der Waals surface area (Å²) >= 11 is 0. The van der Waals surface area contributed by atoms with Crippen LogP contribution in [0.2, 0.25) is 0 Å². The van der Waals surface area contributed by atoms with Gasteiger partial charge in [0.2, 0.25) is 10.0 Å². The number of carbonyl (C=O) groups is 1. The fourth-order valence-electron chi connectivity index (χ4n) is 2.57. The molecule has 7 nitrogen and oxygen atoms in total. The Morgan fingerprint density at radius 1 is 1.07 bits per heavy atom. The molecule has 0 heterocycles. The van der Waals surface area contributed by atoms with Crippen molar-refractivity contribution in [3.63, 3.8) is 0 Å². The van der Waals surface area contributed by atoms with Crippen LogP contribution in [0.3, 0.4) is 0 Å². The average Bonchev–Trinajstić information content (AvgIpc) is 2.71. The van der Waals surface area contributed by atoms with Crippen LogP contribution in [-0.2, 0) is 10.0 Å². The van der Waals surface area contributed by atoms with Crippen LogP contribution in [0.25, 0.3) is 6.08 Å². The highest BCUT2D eigenvalue weighted by molar-refractivity contribution is 7.89. The van der Waals surface area contributed by atoms with Crippen molar-refractivity contribution in [2.45, 2.75) is 11.8 Å². The van der Waals surface area contributed by atoms with E-state index < -0.39 is 10.0 Å². The van der Waals surface area contributed by atoms with Crippen LogP contribution in [0.5, 0.6) is 11.5 Å². The van der Waals surface area contributed by atoms with Crippen molar-refractivity contribution >= 4 is 22.0 Å². The molecule has 150 valence electrons. The summed E-state index contributed by atoms with van der Waals surface area (Å²) in [6.45, 7) is 2.06. The quantitative estimate of drug-likeness (QED) is 0.626. The predicted molar refractivity (Wildman–Crippen MR) is 108 cm³/mol. The molecule has 1 amide bonds. The van der Waals surface area contributed by atoms with Gasteiger partial charge in [0.15, 0.2) is 11.5 Å². The molecule has 0 aliphatic carbocycles. The number of nitrogens with one attached hydrogen (secondary N) is 2. The van der Waals surface area contributed by atoms with Crippen LogP contribution in [0.1, 0.15) is 22.8 Å². The summed E-state index contributed by atoms with van der Waals surface area (Å²) in [7, 11) is -0.575.